The molecule has 15 heavy (non-hydrogen) atoms. The molecule has 0 aliphatic heterocycles. The minimum Gasteiger partial charge on any atom is -0.449 e. The lowest BCUT2D eigenvalue weighted by Crippen LogP contribution is -2.20. The van der Waals surface area contributed by atoms with Gasteiger partial charge in [-0.05, 0) is 18.1 Å². The zero-order valence-electron chi connectivity index (χ0n) is 8.64. The van der Waals surface area contributed by atoms with Crippen LogP contribution in [-0.2, 0) is 4.74 Å². The molecule has 1 aromatic rings. The largest absolute Gasteiger partial charge is 0.449 e. The molecule has 0 spiro atoms. The standard InChI is InChI=1S/C11H15NO3/c1-8-4-2-3-5-10(8)9(6-13)7-15-11(12)14/h2-5,9,13H,6-7H2,1H3,(H2,12,14). The van der Waals surface area contributed by atoms with Gasteiger partial charge in [0.25, 0.3) is 0 Å². The second-order valence-electron chi connectivity index (χ2n) is 3.37. The van der Waals surface area contributed by atoms with Crippen LogP contribution in [0.25, 0.3) is 0 Å². The highest BCUT2D eigenvalue weighted by Crippen LogP contribution is 2.19. The second-order valence-corrected chi connectivity index (χ2v) is 3.37. The third-order valence-corrected chi connectivity index (χ3v) is 2.28. The van der Waals surface area contributed by atoms with E-state index in [1.165, 1.54) is 0 Å². The van der Waals surface area contributed by atoms with Crippen LogP contribution in [0.4, 0.5) is 4.79 Å². The van der Waals surface area contributed by atoms with Gasteiger partial charge in [-0.3, -0.25) is 0 Å². The van der Waals surface area contributed by atoms with Crippen molar-refractivity contribution in [2.24, 2.45) is 5.73 Å². The van der Waals surface area contributed by atoms with Crippen molar-refractivity contribution in [3.05, 3.63) is 35.4 Å². The molecule has 0 fully saturated rings. The molecule has 0 heterocycles. The molecule has 0 radical (unpaired) electrons. The molecule has 4 heteroatoms. The second kappa shape index (κ2) is 5.36. The Balaban J connectivity index is 2.74. The van der Waals surface area contributed by atoms with E-state index in [1.54, 1.807) is 0 Å². The Kier molecular flexibility index (Phi) is 4.12. The smallest absolute Gasteiger partial charge is 0.404 e. The van der Waals surface area contributed by atoms with Gasteiger partial charge in [-0.25, -0.2) is 4.79 Å². The average Bonchev–Trinajstić information content (AvgIpc) is 2.21. The number of benzene rings is 1. The van der Waals surface area contributed by atoms with Crippen LogP contribution in [0.1, 0.15) is 17.0 Å². The number of aliphatic hydroxyl groups is 1. The first-order valence-corrected chi connectivity index (χ1v) is 4.73. The number of rotatable bonds is 4. The van der Waals surface area contributed by atoms with E-state index in [-0.39, 0.29) is 19.1 Å². The first kappa shape index (κ1) is 11.5. The van der Waals surface area contributed by atoms with Crippen LogP contribution in [0, 0.1) is 6.92 Å². The van der Waals surface area contributed by atoms with Gasteiger partial charge in [0.2, 0.25) is 0 Å². The van der Waals surface area contributed by atoms with Gasteiger partial charge in [0.05, 0.1) is 6.61 Å². The normalized spacial score (nSPS) is 12.1. The van der Waals surface area contributed by atoms with Crippen molar-refractivity contribution in [2.45, 2.75) is 12.8 Å². The summed E-state index contributed by atoms with van der Waals surface area (Å²) in [6.45, 7) is 1.98. The average molecular weight is 209 g/mol. The van der Waals surface area contributed by atoms with Crippen molar-refractivity contribution in [3.8, 4) is 0 Å². The Morgan fingerprint density at radius 2 is 2.20 bits per heavy atom. The summed E-state index contributed by atoms with van der Waals surface area (Å²) in [5.74, 6) is -0.210. The molecule has 3 N–H and O–H groups in total. The number of hydrogen-bond acceptors (Lipinski definition) is 3. The van der Waals surface area contributed by atoms with Crippen molar-refractivity contribution >= 4 is 6.09 Å². The summed E-state index contributed by atoms with van der Waals surface area (Å²) in [5.41, 5.74) is 6.90. The van der Waals surface area contributed by atoms with E-state index in [0.29, 0.717) is 0 Å². The van der Waals surface area contributed by atoms with Crippen LogP contribution in [0.15, 0.2) is 24.3 Å². The van der Waals surface area contributed by atoms with Crippen LogP contribution in [0.3, 0.4) is 0 Å². The van der Waals surface area contributed by atoms with Gasteiger partial charge in [-0.15, -0.1) is 0 Å². The molecule has 0 aliphatic carbocycles. The van der Waals surface area contributed by atoms with Crippen LogP contribution in [0.2, 0.25) is 0 Å². The molecule has 1 aromatic carbocycles. The summed E-state index contributed by atoms with van der Waals surface area (Å²) in [6.07, 6.45) is -0.818. The van der Waals surface area contributed by atoms with E-state index in [9.17, 15) is 9.90 Å². The number of hydrogen-bond donors (Lipinski definition) is 2. The lowest BCUT2D eigenvalue weighted by atomic mass is 9.96. The maximum absolute atomic E-state index is 10.5. The first-order chi connectivity index (χ1) is 7.15. The van der Waals surface area contributed by atoms with E-state index < -0.39 is 6.09 Å². The Morgan fingerprint density at radius 3 is 2.73 bits per heavy atom. The van der Waals surface area contributed by atoms with E-state index in [1.807, 2.05) is 31.2 Å². The van der Waals surface area contributed by atoms with Crippen LogP contribution < -0.4 is 5.73 Å². The van der Waals surface area contributed by atoms with Gasteiger partial charge >= 0.3 is 6.09 Å². The summed E-state index contributed by atoms with van der Waals surface area (Å²) >= 11 is 0. The number of primary amides is 1. The fourth-order valence-corrected chi connectivity index (χ4v) is 1.47. The zero-order valence-corrected chi connectivity index (χ0v) is 8.64. The van der Waals surface area contributed by atoms with Gasteiger partial charge in [0.1, 0.15) is 6.61 Å². The van der Waals surface area contributed by atoms with Gasteiger partial charge < -0.3 is 15.6 Å². The van der Waals surface area contributed by atoms with Crippen molar-refractivity contribution in [1.29, 1.82) is 0 Å². The molecule has 1 unspecified atom stereocenters. The van der Waals surface area contributed by atoms with Gasteiger partial charge in [0.15, 0.2) is 0 Å². The highest BCUT2D eigenvalue weighted by atomic mass is 16.5. The third kappa shape index (κ3) is 3.25. The lowest BCUT2D eigenvalue weighted by Gasteiger charge is -2.16. The van der Waals surface area contributed by atoms with E-state index >= 15 is 0 Å². The molecule has 0 aromatic heterocycles. The highest BCUT2D eigenvalue weighted by molar-refractivity contribution is 5.64. The Hall–Kier alpha value is -1.55. The van der Waals surface area contributed by atoms with Crippen LogP contribution in [0.5, 0.6) is 0 Å². The molecule has 0 aliphatic rings. The van der Waals surface area contributed by atoms with E-state index in [4.69, 9.17) is 5.73 Å². The zero-order chi connectivity index (χ0) is 11.3. The fraction of sp³-hybridized carbons (Fsp3) is 0.364. The number of nitrogens with two attached hydrogens (primary N) is 1. The number of carbonyl (C=O) groups excluding carboxylic acids is 1. The first-order valence-electron chi connectivity index (χ1n) is 4.73. The van der Waals surface area contributed by atoms with Crippen molar-refractivity contribution in [1.82, 2.24) is 0 Å². The predicted molar refractivity (Wildman–Crippen MR) is 56.5 cm³/mol. The molecular weight excluding hydrogens is 194 g/mol. The van der Waals surface area contributed by atoms with Crippen molar-refractivity contribution in [3.63, 3.8) is 0 Å². The van der Waals surface area contributed by atoms with Gasteiger partial charge in [-0.2, -0.15) is 0 Å². The van der Waals surface area contributed by atoms with Crippen LogP contribution >= 0.6 is 0 Å². The molecule has 0 saturated carbocycles. The Bertz CT molecular complexity index is 338. The topological polar surface area (TPSA) is 72.6 Å². The maximum atomic E-state index is 10.5. The summed E-state index contributed by atoms with van der Waals surface area (Å²) in [5, 5.41) is 9.18. The van der Waals surface area contributed by atoms with Crippen molar-refractivity contribution in [2.75, 3.05) is 13.2 Å². The quantitative estimate of drug-likeness (QED) is 0.781. The monoisotopic (exact) mass is 209 g/mol. The minimum atomic E-state index is -0.818. The molecule has 82 valence electrons. The van der Waals surface area contributed by atoms with Gasteiger partial charge in [0, 0.05) is 5.92 Å². The number of aryl methyl sites for hydroxylation is 1. The van der Waals surface area contributed by atoms with Gasteiger partial charge in [-0.1, -0.05) is 24.3 Å². The number of carbonyl (C=O) groups is 1. The molecule has 1 rings (SSSR count). The van der Waals surface area contributed by atoms with Crippen molar-refractivity contribution < 1.29 is 14.6 Å². The summed E-state index contributed by atoms with van der Waals surface area (Å²) in [6, 6.07) is 7.65. The summed E-state index contributed by atoms with van der Waals surface area (Å²) in [4.78, 5) is 10.5. The Labute approximate surface area is 88.7 Å². The number of ether oxygens (including phenoxy) is 1. The Morgan fingerprint density at radius 1 is 1.53 bits per heavy atom. The lowest BCUT2D eigenvalue weighted by molar-refractivity contribution is 0.133. The molecule has 0 saturated heterocycles. The summed E-state index contributed by atoms with van der Waals surface area (Å²) in [7, 11) is 0. The van der Waals surface area contributed by atoms with Crippen LogP contribution in [-0.4, -0.2) is 24.4 Å². The van der Waals surface area contributed by atoms with E-state index in [2.05, 4.69) is 4.74 Å². The minimum absolute atomic E-state index is 0.0713. The highest BCUT2D eigenvalue weighted by Gasteiger charge is 2.13. The molecule has 0 bridgehead atoms. The predicted octanol–water partition coefficient (Wildman–Crippen LogP) is 1.17. The molecule has 1 atom stereocenters. The maximum Gasteiger partial charge on any atom is 0.404 e. The third-order valence-electron chi connectivity index (χ3n) is 2.28. The summed E-state index contributed by atoms with van der Waals surface area (Å²) < 4.78 is 4.68. The molecular formula is C11H15NO3. The molecule has 1 amide bonds. The molecule has 4 nitrogen and oxygen atoms in total. The SMILES string of the molecule is Cc1ccccc1C(CO)COC(N)=O. The van der Waals surface area contributed by atoms with E-state index in [0.717, 1.165) is 11.1 Å². The number of amides is 1. The number of aliphatic hydroxyl groups excluding tert-OH is 1. The fourth-order valence-electron chi connectivity index (χ4n) is 1.47.